The summed E-state index contributed by atoms with van der Waals surface area (Å²) < 4.78 is 20.8. The molecule has 5 rings (SSSR count). The van der Waals surface area contributed by atoms with Crippen LogP contribution < -0.4 is 21.1 Å². The molecule has 0 bridgehead atoms. The highest BCUT2D eigenvalue weighted by Gasteiger charge is 2.31. The number of halogens is 1. The van der Waals surface area contributed by atoms with Gasteiger partial charge in [0.1, 0.15) is 29.7 Å². The molecule has 2 amide bonds. The number of nitrogens with one attached hydrogen (secondary N) is 2. The van der Waals surface area contributed by atoms with Gasteiger partial charge in [0.15, 0.2) is 0 Å². The molecule has 2 aromatic carbocycles. The van der Waals surface area contributed by atoms with Crippen LogP contribution in [0.3, 0.4) is 0 Å². The Kier molecular flexibility index (Phi) is 6.78. The fourth-order valence-corrected chi connectivity index (χ4v) is 4.81. The topological polar surface area (TPSA) is 124 Å². The first kappa shape index (κ1) is 25.9. The molecular weight excluding hydrogens is 499 g/mol. The molecule has 1 fully saturated rings. The number of fused-ring (bicyclic) bond motifs is 1. The Morgan fingerprint density at radius 3 is 2.46 bits per heavy atom. The number of nitrogen functional groups attached to an aromatic ring is 1. The van der Waals surface area contributed by atoms with Crippen LogP contribution in [0.1, 0.15) is 30.1 Å². The highest BCUT2D eigenvalue weighted by molar-refractivity contribution is 6.09. The van der Waals surface area contributed by atoms with E-state index in [0.717, 1.165) is 22.4 Å². The molecule has 1 aliphatic carbocycles. The highest BCUT2D eigenvalue weighted by Crippen LogP contribution is 2.43. The lowest BCUT2D eigenvalue weighted by Crippen LogP contribution is -2.45. The number of nitrogens with zero attached hydrogens (tertiary/aromatic N) is 3. The van der Waals surface area contributed by atoms with Gasteiger partial charge in [0, 0.05) is 29.9 Å². The fourth-order valence-electron chi connectivity index (χ4n) is 4.81. The maximum absolute atomic E-state index is 13.2. The minimum Gasteiger partial charge on any atom is -0.496 e. The van der Waals surface area contributed by atoms with E-state index in [1.807, 2.05) is 41.9 Å². The largest absolute Gasteiger partial charge is 0.496 e. The van der Waals surface area contributed by atoms with Crippen LogP contribution in [0.2, 0.25) is 0 Å². The normalized spacial score (nSPS) is 16.4. The summed E-state index contributed by atoms with van der Waals surface area (Å²) in [5, 5.41) is 6.34. The Balaban J connectivity index is 1.60. The van der Waals surface area contributed by atoms with Crippen LogP contribution in [0.4, 0.5) is 15.9 Å². The zero-order chi connectivity index (χ0) is 27.8. The molecule has 200 valence electrons. The van der Waals surface area contributed by atoms with E-state index in [4.69, 9.17) is 10.5 Å². The summed E-state index contributed by atoms with van der Waals surface area (Å²) in [6, 6.07) is 12.5. The van der Waals surface area contributed by atoms with Crippen molar-refractivity contribution < 1.29 is 18.7 Å². The van der Waals surface area contributed by atoms with Crippen LogP contribution in [-0.2, 0) is 11.8 Å². The number of rotatable bonds is 7. The van der Waals surface area contributed by atoms with Crippen LogP contribution in [0.25, 0.3) is 33.4 Å². The standard InChI is InChI=1S/C29H29FN6O3/c1-15(2)28(37)34-19-8-5-16(6-9-19)25-23(24-26(31)32-14-33-27(24)36(25)3)17-7-10-21(22(11-17)39-4)29(38)35-20-12-18(30)13-20/h5-11,14,18,20H,1,12-13H2,2-4H3,(H,34,37)(H,35,38)(H2,31,32,33). The smallest absolute Gasteiger partial charge is 0.255 e. The summed E-state index contributed by atoms with van der Waals surface area (Å²) in [4.78, 5) is 33.6. The van der Waals surface area contributed by atoms with Gasteiger partial charge in [-0.15, -0.1) is 0 Å². The maximum atomic E-state index is 13.2. The van der Waals surface area contributed by atoms with Gasteiger partial charge < -0.3 is 25.7 Å². The molecule has 0 atom stereocenters. The lowest BCUT2D eigenvalue weighted by atomic mass is 9.90. The molecule has 0 radical (unpaired) electrons. The van der Waals surface area contributed by atoms with E-state index in [-0.39, 0.29) is 17.9 Å². The van der Waals surface area contributed by atoms with Crippen LogP contribution in [0.5, 0.6) is 5.75 Å². The zero-order valence-electron chi connectivity index (χ0n) is 21.9. The van der Waals surface area contributed by atoms with Gasteiger partial charge in [0.2, 0.25) is 0 Å². The summed E-state index contributed by atoms with van der Waals surface area (Å²) in [5.41, 5.74) is 11.6. The van der Waals surface area contributed by atoms with Crippen molar-refractivity contribution >= 4 is 34.4 Å². The number of hydrogen-bond donors (Lipinski definition) is 3. The van der Waals surface area contributed by atoms with Crippen LogP contribution in [0, 0.1) is 0 Å². The van der Waals surface area contributed by atoms with Crippen molar-refractivity contribution in [2.75, 3.05) is 18.2 Å². The van der Waals surface area contributed by atoms with Gasteiger partial charge in [-0.05, 0) is 55.2 Å². The van der Waals surface area contributed by atoms with Crippen molar-refractivity contribution in [1.29, 1.82) is 0 Å². The van der Waals surface area contributed by atoms with E-state index >= 15 is 0 Å². The molecule has 2 heterocycles. The second-order valence-corrected chi connectivity index (χ2v) is 9.71. The molecule has 2 aromatic heterocycles. The average molecular weight is 529 g/mol. The number of alkyl halides is 1. The lowest BCUT2D eigenvalue weighted by Gasteiger charge is -2.30. The third-order valence-electron chi connectivity index (χ3n) is 6.95. The summed E-state index contributed by atoms with van der Waals surface area (Å²) >= 11 is 0. The highest BCUT2D eigenvalue weighted by atomic mass is 19.1. The third-order valence-corrected chi connectivity index (χ3v) is 6.95. The van der Waals surface area contributed by atoms with Crippen LogP contribution in [-0.4, -0.2) is 45.7 Å². The number of nitrogens with two attached hydrogens (primary N) is 1. The molecule has 4 aromatic rings. The number of anilines is 2. The summed E-state index contributed by atoms with van der Waals surface area (Å²) in [5.74, 6) is 0.115. The van der Waals surface area contributed by atoms with Gasteiger partial charge in [-0.3, -0.25) is 9.59 Å². The molecular formula is C29H29FN6O3. The van der Waals surface area contributed by atoms with Gasteiger partial charge in [0.25, 0.3) is 11.8 Å². The monoisotopic (exact) mass is 528 g/mol. The van der Waals surface area contributed by atoms with Gasteiger partial charge in [-0.25, -0.2) is 14.4 Å². The number of aromatic nitrogens is 3. The van der Waals surface area contributed by atoms with Crippen molar-refractivity contribution in [2.45, 2.75) is 32.0 Å². The first-order chi connectivity index (χ1) is 18.7. The Morgan fingerprint density at radius 1 is 1.13 bits per heavy atom. The molecule has 1 aliphatic rings. The van der Waals surface area contributed by atoms with Crippen molar-refractivity contribution in [1.82, 2.24) is 19.9 Å². The van der Waals surface area contributed by atoms with Gasteiger partial charge in [-0.1, -0.05) is 24.8 Å². The number of hydrogen-bond acceptors (Lipinski definition) is 6. The number of benzene rings is 2. The quantitative estimate of drug-likeness (QED) is 0.300. The maximum Gasteiger partial charge on any atom is 0.255 e. The molecule has 0 spiro atoms. The Morgan fingerprint density at radius 2 is 1.82 bits per heavy atom. The SMILES string of the molecule is C=C(C)C(=O)Nc1ccc(-c2c(-c3ccc(C(=O)NC4CC(F)C4)c(OC)c3)c3c(N)ncnc3n2C)cc1. The molecule has 0 unspecified atom stereocenters. The summed E-state index contributed by atoms with van der Waals surface area (Å²) in [6.07, 6.45) is 1.19. The van der Waals surface area contributed by atoms with Crippen molar-refractivity contribution in [2.24, 2.45) is 7.05 Å². The predicted octanol–water partition coefficient (Wildman–Crippen LogP) is 4.64. The van der Waals surface area contributed by atoms with E-state index in [2.05, 4.69) is 27.2 Å². The first-order valence-electron chi connectivity index (χ1n) is 12.5. The Bertz CT molecular complexity index is 1610. The summed E-state index contributed by atoms with van der Waals surface area (Å²) in [7, 11) is 3.39. The van der Waals surface area contributed by atoms with E-state index in [0.29, 0.717) is 52.3 Å². The molecule has 0 saturated heterocycles. The van der Waals surface area contributed by atoms with Gasteiger partial charge >= 0.3 is 0 Å². The molecule has 9 nitrogen and oxygen atoms in total. The second kappa shape index (κ2) is 10.2. The average Bonchev–Trinajstić information content (AvgIpc) is 3.21. The molecule has 39 heavy (non-hydrogen) atoms. The summed E-state index contributed by atoms with van der Waals surface area (Å²) in [6.45, 7) is 5.32. The zero-order valence-corrected chi connectivity index (χ0v) is 21.9. The van der Waals surface area contributed by atoms with Crippen LogP contribution >= 0.6 is 0 Å². The van der Waals surface area contributed by atoms with Crippen molar-refractivity contribution in [3.05, 3.63) is 66.5 Å². The van der Waals surface area contributed by atoms with Crippen molar-refractivity contribution in [3.8, 4) is 28.1 Å². The molecule has 1 saturated carbocycles. The minimum absolute atomic E-state index is 0.179. The number of carbonyl (C=O) groups excluding carboxylic acids is 2. The molecule has 4 N–H and O–H groups in total. The van der Waals surface area contributed by atoms with E-state index in [1.165, 1.54) is 13.4 Å². The Labute approximate surface area is 224 Å². The van der Waals surface area contributed by atoms with Gasteiger partial charge in [-0.2, -0.15) is 0 Å². The second-order valence-electron chi connectivity index (χ2n) is 9.71. The minimum atomic E-state index is -0.867. The lowest BCUT2D eigenvalue weighted by molar-refractivity contribution is -0.112. The number of carbonyl (C=O) groups is 2. The van der Waals surface area contributed by atoms with Crippen molar-refractivity contribution in [3.63, 3.8) is 0 Å². The molecule has 0 aliphatic heterocycles. The number of aryl methyl sites for hydroxylation is 1. The fraction of sp³-hybridized carbons (Fsp3) is 0.241. The number of amides is 2. The van der Waals surface area contributed by atoms with E-state index < -0.39 is 6.17 Å². The van der Waals surface area contributed by atoms with E-state index in [1.54, 1.807) is 19.1 Å². The third kappa shape index (κ3) is 4.81. The van der Waals surface area contributed by atoms with E-state index in [9.17, 15) is 14.0 Å². The van der Waals surface area contributed by atoms with Gasteiger partial charge in [0.05, 0.1) is 23.8 Å². The predicted molar refractivity (Wildman–Crippen MR) is 149 cm³/mol. The first-order valence-corrected chi connectivity index (χ1v) is 12.5. The Hall–Kier alpha value is -4.73. The number of methoxy groups -OCH3 is 1. The van der Waals surface area contributed by atoms with Crippen LogP contribution in [0.15, 0.2) is 60.9 Å². The molecule has 10 heteroatoms. The number of ether oxygens (including phenoxy) is 1.